The van der Waals surface area contributed by atoms with Gasteiger partial charge in [-0.25, -0.2) is 9.59 Å². The summed E-state index contributed by atoms with van der Waals surface area (Å²) in [6, 6.07) is 7.44. The number of hydrogen-bond donors (Lipinski definition) is 0. The smallest absolute Gasteiger partial charge is 0.335 e. The van der Waals surface area contributed by atoms with Gasteiger partial charge in [0.1, 0.15) is 19.0 Å². The van der Waals surface area contributed by atoms with Crippen LogP contribution in [-0.2, 0) is 29.2 Å². The van der Waals surface area contributed by atoms with Crippen molar-refractivity contribution >= 4 is 67.0 Å². The SMILES string of the molecule is C=C(C)C(=O)OCCOc1c(Br)cc(C(C)(C)c2cc(Cl)c(OCC(OCC)OC(=O)C(=C)C)c(Cl)c2)cc1Br. The van der Waals surface area contributed by atoms with Crippen LogP contribution in [0.5, 0.6) is 11.5 Å². The van der Waals surface area contributed by atoms with Crippen molar-refractivity contribution < 1.29 is 33.3 Å². The molecule has 0 spiro atoms. The normalized spacial score (nSPS) is 11.9. The van der Waals surface area contributed by atoms with E-state index in [4.69, 9.17) is 46.9 Å². The second-order valence-corrected chi connectivity index (χ2v) is 11.8. The molecule has 0 bridgehead atoms. The molecule has 1 atom stereocenters. The number of carbonyl (C=O) groups excluding carboxylic acids is 2. The molecule has 0 fully saturated rings. The van der Waals surface area contributed by atoms with Crippen molar-refractivity contribution in [2.24, 2.45) is 0 Å². The fourth-order valence-corrected chi connectivity index (χ4v) is 5.37. The first-order valence-corrected chi connectivity index (χ1v) is 14.6. The molecule has 0 amide bonds. The van der Waals surface area contributed by atoms with Crippen molar-refractivity contribution in [3.8, 4) is 11.5 Å². The topological polar surface area (TPSA) is 80.3 Å². The number of ether oxygens (including phenoxy) is 5. The van der Waals surface area contributed by atoms with E-state index in [1.165, 1.54) is 0 Å². The summed E-state index contributed by atoms with van der Waals surface area (Å²) in [4.78, 5) is 23.5. The van der Waals surface area contributed by atoms with E-state index >= 15 is 0 Å². The number of hydrogen-bond acceptors (Lipinski definition) is 7. The molecule has 2 rings (SSSR count). The van der Waals surface area contributed by atoms with Crippen LogP contribution < -0.4 is 9.47 Å². The molecule has 0 radical (unpaired) electrons. The lowest BCUT2D eigenvalue weighted by Crippen LogP contribution is -2.28. The fraction of sp³-hybridized carbons (Fsp3) is 0.379. The molecular weight excluding hydrogens is 691 g/mol. The van der Waals surface area contributed by atoms with Crippen LogP contribution in [0, 0.1) is 0 Å². The summed E-state index contributed by atoms with van der Waals surface area (Å²) in [5.74, 6) is -0.233. The van der Waals surface area contributed by atoms with Crippen molar-refractivity contribution in [1.29, 1.82) is 0 Å². The van der Waals surface area contributed by atoms with E-state index in [0.29, 0.717) is 36.9 Å². The molecule has 2 aromatic rings. The van der Waals surface area contributed by atoms with E-state index in [1.807, 2.05) is 26.0 Å². The van der Waals surface area contributed by atoms with Gasteiger partial charge in [-0.1, -0.05) is 50.2 Å². The minimum absolute atomic E-state index is 0.0882. The lowest BCUT2D eigenvalue weighted by molar-refractivity contribution is -0.179. The molecule has 11 heteroatoms. The fourth-order valence-electron chi connectivity index (χ4n) is 3.36. The molecule has 0 aliphatic carbocycles. The maximum atomic E-state index is 11.9. The van der Waals surface area contributed by atoms with Crippen molar-refractivity contribution in [2.75, 3.05) is 26.4 Å². The van der Waals surface area contributed by atoms with Crippen molar-refractivity contribution in [3.63, 3.8) is 0 Å². The zero-order valence-electron chi connectivity index (χ0n) is 23.0. The van der Waals surface area contributed by atoms with Gasteiger partial charge in [0.2, 0.25) is 6.29 Å². The van der Waals surface area contributed by atoms with Crippen molar-refractivity contribution in [2.45, 2.75) is 46.3 Å². The first-order valence-electron chi connectivity index (χ1n) is 12.2. The summed E-state index contributed by atoms with van der Waals surface area (Å²) in [6.45, 7) is 16.5. The van der Waals surface area contributed by atoms with Gasteiger partial charge >= 0.3 is 11.9 Å². The summed E-state index contributed by atoms with van der Waals surface area (Å²) in [5.41, 5.74) is 1.82. The average Bonchev–Trinajstić information content (AvgIpc) is 2.86. The van der Waals surface area contributed by atoms with E-state index in [2.05, 4.69) is 45.0 Å². The van der Waals surface area contributed by atoms with Crippen LogP contribution in [0.25, 0.3) is 0 Å². The van der Waals surface area contributed by atoms with Crippen LogP contribution in [0.4, 0.5) is 0 Å². The van der Waals surface area contributed by atoms with Crippen molar-refractivity contribution in [3.05, 3.63) is 78.7 Å². The summed E-state index contributed by atoms with van der Waals surface area (Å²) in [6.07, 6.45) is -0.953. The first kappa shape index (κ1) is 34.2. The number of halogens is 4. The van der Waals surface area contributed by atoms with Crippen LogP contribution in [0.2, 0.25) is 10.0 Å². The van der Waals surface area contributed by atoms with E-state index in [9.17, 15) is 9.59 Å². The third-order valence-electron chi connectivity index (χ3n) is 5.65. The lowest BCUT2D eigenvalue weighted by Gasteiger charge is -2.28. The van der Waals surface area contributed by atoms with Gasteiger partial charge in [0.25, 0.3) is 0 Å². The molecule has 0 aliphatic rings. The molecule has 0 N–H and O–H groups in total. The summed E-state index contributed by atoms with van der Waals surface area (Å²) >= 11 is 20.3. The second kappa shape index (κ2) is 15.3. The summed E-state index contributed by atoms with van der Waals surface area (Å²) in [7, 11) is 0. The number of esters is 2. The van der Waals surface area contributed by atoms with Gasteiger partial charge in [0.15, 0.2) is 12.4 Å². The lowest BCUT2D eigenvalue weighted by atomic mass is 9.78. The Labute approximate surface area is 262 Å². The van der Waals surface area contributed by atoms with Gasteiger partial charge in [-0.3, -0.25) is 0 Å². The molecular formula is C29H32Br2Cl2O7. The Bertz CT molecular complexity index is 1230. The van der Waals surface area contributed by atoms with Crippen LogP contribution in [0.15, 0.2) is 57.5 Å². The predicted octanol–water partition coefficient (Wildman–Crippen LogP) is 8.20. The Balaban J connectivity index is 2.21. The number of benzene rings is 2. The van der Waals surface area contributed by atoms with Crippen LogP contribution in [0.1, 0.15) is 45.7 Å². The maximum absolute atomic E-state index is 11.9. The van der Waals surface area contributed by atoms with E-state index in [-0.39, 0.29) is 31.1 Å². The predicted molar refractivity (Wildman–Crippen MR) is 164 cm³/mol. The van der Waals surface area contributed by atoms with Gasteiger partial charge in [0.05, 0.1) is 19.0 Å². The van der Waals surface area contributed by atoms with Crippen LogP contribution >= 0.6 is 55.1 Å². The largest absolute Gasteiger partial charge is 0.488 e. The molecule has 2 aromatic carbocycles. The highest BCUT2D eigenvalue weighted by Crippen LogP contribution is 2.44. The minimum atomic E-state index is -0.953. The molecule has 0 saturated heterocycles. The van der Waals surface area contributed by atoms with Crippen LogP contribution in [0.3, 0.4) is 0 Å². The zero-order chi connectivity index (χ0) is 30.2. The summed E-state index contributed by atoms with van der Waals surface area (Å²) < 4.78 is 28.8. The van der Waals surface area contributed by atoms with E-state index in [1.54, 1.807) is 32.9 Å². The monoisotopic (exact) mass is 720 g/mol. The highest BCUT2D eigenvalue weighted by atomic mass is 79.9. The third-order valence-corrected chi connectivity index (χ3v) is 7.39. The highest BCUT2D eigenvalue weighted by molar-refractivity contribution is 9.11. The molecule has 0 saturated carbocycles. The Morgan fingerprint density at radius 1 is 0.875 bits per heavy atom. The second-order valence-electron chi connectivity index (χ2n) is 9.31. The highest BCUT2D eigenvalue weighted by Gasteiger charge is 2.28. The molecule has 40 heavy (non-hydrogen) atoms. The molecule has 1 unspecified atom stereocenters. The third kappa shape index (κ3) is 9.24. The van der Waals surface area contributed by atoms with Gasteiger partial charge in [-0.15, -0.1) is 0 Å². The van der Waals surface area contributed by atoms with Crippen LogP contribution in [-0.4, -0.2) is 44.7 Å². The Morgan fingerprint density at radius 2 is 1.40 bits per heavy atom. The number of rotatable bonds is 14. The van der Waals surface area contributed by atoms with E-state index in [0.717, 1.165) is 11.1 Å². The molecule has 0 heterocycles. The molecule has 218 valence electrons. The first-order chi connectivity index (χ1) is 18.7. The van der Waals surface area contributed by atoms with Gasteiger partial charge in [-0.05, 0) is 88.0 Å². The van der Waals surface area contributed by atoms with Crippen molar-refractivity contribution in [1.82, 2.24) is 0 Å². The Kier molecular flexibility index (Phi) is 13.0. The Hall–Kier alpha value is -2.04. The zero-order valence-corrected chi connectivity index (χ0v) is 27.7. The average molecular weight is 723 g/mol. The summed E-state index contributed by atoms with van der Waals surface area (Å²) in [5, 5.41) is 0.582. The minimum Gasteiger partial charge on any atom is -0.488 e. The van der Waals surface area contributed by atoms with Gasteiger partial charge in [0, 0.05) is 23.2 Å². The number of carbonyl (C=O) groups is 2. The van der Waals surface area contributed by atoms with Gasteiger partial charge in [-0.2, -0.15) is 0 Å². The maximum Gasteiger partial charge on any atom is 0.335 e. The van der Waals surface area contributed by atoms with E-state index < -0.39 is 23.6 Å². The standard InChI is InChI=1S/C29H32Br2Cl2O7/c1-8-36-24(40-28(35)17(4)5)15-39-26-22(32)13-19(14-23(26)33)29(6,7)18-11-20(30)25(21(31)12-18)37-9-10-38-27(34)16(2)3/h11-14,24H,2,4,8-10,15H2,1,3,5-7H3. The molecule has 0 aromatic heterocycles. The quantitative estimate of drug-likeness (QED) is 0.0842. The molecule has 7 nitrogen and oxygen atoms in total. The Morgan fingerprint density at radius 3 is 1.90 bits per heavy atom. The molecule has 0 aliphatic heterocycles. The van der Waals surface area contributed by atoms with Gasteiger partial charge < -0.3 is 23.7 Å².